The second kappa shape index (κ2) is 5.37. The fraction of sp³-hybridized carbons (Fsp3) is 0.769. The fourth-order valence-electron chi connectivity index (χ4n) is 2.86. The molecule has 16 heavy (non-hydrogen) atoms. The summed E-state index contributed by atoms with van der Waals surface area (Å²) >= 11 is 0. The second-order valence-electron chi connectivity index (χ2n) is 5.06. The Bertz CT molecular complexity index is 266. The summed E-state index contributed by atoms with van der Waals surface area (Å²) in [5.41, 5.74) is 5.78. The lowest BCUT2D eigenvalue weighted by Crippen LogP contribution is -2.35. The summed E-state index contributed by atoms with van der Waals surface area (Å²) in [4.78, 5) is 4.17. The fourth-order valence-corrected chi connectivity index (χ4v) is 2.86. The molecule has 2 aliphatic rings. The van der Waals surface area contributed by atoms with Gasteiger partial charge >= 0.3 is 0 Å². The third-order valence-corrected chi connectivity index (χ3v) is 3.82. The monoisotopic (exact) mass is 221 g/mol. The molecule has 2 unspecified atom stereocenters. The Morgan fingerprint density at radius 1 is 1.38 bits per heavy atom. The van der Waals surface area contributed by atoms with Crippen LogP contribution in [0.4, 0.5) is 0 Å². The van der Waals surface area contributed by atoms with Gasteiger partial charge in [-0.3, -0.25) is 0 Å². The summed E-state index contributed by atoms with van der Waals surface area (Å²) < 4.78 is 0. The van der Waals surface area contributed by atoms with Crippen LogP contribution >= 0.6 is 0 Å². The molecule has 0 radical (unpaired) electrons. The molecule has 2 fully saturated rings. The summed E-state index contributed by atoms with van der Waals surface area (Å²) in [5, 5.41) is 3.32. The Morgan fingerprint density at radius 2 is 2.12 bits per heavy atom. The van der Waals surface area contributed by atoms with Crippen molar-refractivity contribution in [2.45, 2.75) is 44.6 Å². The Kier molecular flexibility index (Phi) is 3.86. The minimum atomic E-state index is 0.586. The van der Waals surface area contributed by atoms with Gasteiger partial charge in [0.05, 0.1) is 6.54 Å². The van der Waals surface area contributed by atoms with Gasteiger partial charge in [0.2, 0.25) is 0 Å². The number of hydrogen-bond donors (Lipinski definition) is 2. The maximum absolute atomic E-state index is 5.78. The van der Waals surface area contributed by atoms with Crippen LogP contribution in [0.5, 0.6) is 0 Å². The van der Waals surface area contributed by atoms with Gasteiger partial charge in [0.1, 0.15) is 0 Å². The van der Waals surface area contributed by atoms with Gasteiger partial charge in [-0.2, -0.15) is 0 Å². The molecule has 0 bridgehead atoms. The Morgan fingerprint density at radius 3 is 2.81 bits per heavy atom. The molecule has 0 amide bonds. The van der Waals surface area contributed by atoms with E-state index in [0.717, 1.165) is 11.8 Å². The van der Waals surface area contributed by atoms with Crippen molar-refractivity contribution in [2.75, 3.05) is 6.54 Å². The van der Waals surface area contributed by atoms with E-state index in [1.807, 2.05) is 0 Å². The zero-order valence-electron chi connectivity index (χ0n) is 9.99. The first-order valence-electron chi connectivity index (χ1n) is 6.48. The topological polar surface area (TPSA) is 50.4 Å². The zero-order chi connectivity index (χ0) is 11.4. The minimum Gasteiger partial charge on any atom is -0.370 e. The summed E-state index contributed by atoms with van der Waals surface area (Å²) in [6.07, 6.45) is 10.2. The molecule has 0 aromatic rings. The molecular formula is C13H23N3. The summed E-state index contributed by atoms with van der Waals surface area (Å²) in [5.74, 6) is 2.39. The average Bonchev–Trinajstić information content (AvgIpc) is 3.07. The average molecular weight is 221 g/mol. The first-order chi connectivity index (χ1) is 7.81. The van der Waals surface area contributed by atoms with Crippen molar-refractivity contribution in [3.8, 4) is 0 Å². The van der Waals surface area contributed by atoms with Gasteiger partial charge in [0.15, 0.2) is 5.96 Å². The number of nitrogens with zero attached hydrogens (tertiary/aromatic N) is 1. The van der Waals surface area contributed by atoms with E-state index >= 15 is 0 Å². The molecule has 2 rings (SSSR count). The molecule has 0 aromatic heterocycles. The lowest BCUT2D eigenvalue weighted by Gasteiger charge is -2.21. The van der Waals surface area contributed by atoms with Crippen LogP contribution in [0, 0.1) is 11.8 Å². The van der Waals surface area contributed by atoms with Gasteiger partial charge in [-0.05, 0) is 18.3 Å². The molecular weight excluding hydrogens is 198 g/mol. The van der Waals surface area contributed by atoms with Crippen LogP contribution in [-0.2, 0) is 0 Å². The van der Waals surface area contributed by atoms with Crippen molar-refractivity contribution in [2.24, 2.45) is 22.6 Å². The molecule has 2 saturated carbocycles. The molecule has 0 aliphatic heterocycles. The largest absolute Gasteiger partial charge is 0.370 e. The predicted molar refractivity (Wildman–Crippen MR) is 68.3 cm³/mol. The van der Waals surface area contributed by atoms with E-state index in [1.54, 1.807) is 6.08 Å². The van der Waals surface area contributed by atoms with Crippen LogP contribution in [0.15, 0.2) is 17.6 Å². The van der Waals surface area contributed by atoms with Gasteiger partial charge in [0, 0.05) is 6.04 Å². The van der Waals surface area contributed by atoms with E-state index in [4.69, 9.17) is 5.73 Å². The molecule has 2 atom stereocenters. The highest BCUT2D eigenvalue weighted by molar-refractivity contribution is 5.78. The minimum absolute atomic E-state index is 0.586. The van der Waals surface area contributed by atoms with E-state index in [-0.39, 0.29) is 0 Å². The highest BCUT2D eigenvalue weighted by atomic mass is 15.1. The maximum atomic E-state index is 5.78. The SMILES string of the molecule is C=CCN=C(N)NC1CC1C1CCCCC1. The normalized spacial score (nSPS) is 31.1. The second-order valence-corrected chi connectivity index (χ2v) is 5.06. The van der Waals surface area contributed by atoms with Crippen LogP contribution in [0.2, 0.25) is 0 Å². The first kappa shape index (κ1) is 11.5. The van der Waals surface area contributed by atoms with E-state index in [0.29, 0.717) is 18.5 Å². The molecule has 0 saturated heterocycles. The quantitative estimate of drug-likeness (QED) is 0.433. The van der Waals surface area contributed by atoms with E-state index in [9.17, 15) is 0 Å². The van der Waals surface area contributed by atoms with E-state index in [1.165, 1.54) is 38.5 Å². The molecule has 0 heterocycles. The van der Waals surface area contributed by atoms with Gasteiger partial charge in [-0.25, -0.2) is 4.99 Å². The molecule has 0 spiro atoms. The number of nitrogens with one attached hydrogen (secondary N) is 1. The van der Waals surface area contributed by atoms with Crippen molar-refractivity contribution in [3.63, 3.8) is 0 Å². The summed E-state index contributed by atoms with van der Waals surface area (Å²) in [6.45, 7) is 4.24. The smallest absolute Gasteiger partial charge is 0.189 e. The number of hydrogen-bond acceptors (Lipinski definition) is 1. The molecule has 3 heteroatoms. The van der Waals surface area contributed by atoms with Gasteiger partial charge in [-0.1, -0.05) is 38.2 Å². The Hall–Kier alpha value is -0.990. The summed E-state index contributed by atoms with van der Waals surface area (Å²) in [7, 11) is 0. The molecule has 3 N–H and O–H groups in total. The Labute approximate surface area is 98.2 Å². The predicted octanol–water partition coefficient (Wildman–Crippen LogP) is 2.05. The van der Waals surface area contributed by atoms with Gasteiger partial charge < -0.3 is 11.1 Å². The number of rotatable bonds is 4. The lowest BCUT2D eigenvalue weighted by molar-refractivity contribution is 0.316. The van der Waals surface area contributed by atoms with Crippen LogP contribution in [0.25, 0.3) is 0 Å². The lowest BCUT2D eigenvalue weighted by atomic mass is 9.85. The van der Waals surface area contributed by atoms with E-state index in [2.05, 4.69) is 16.9 Å². The van der Waals surface area contributed by atoms with Crippen LogP contribution < -0.4 is 11.1 Å². The van der Waals surface area contributed by atoms with Crippen molar-refractivity contribution in [3.05, 3.63) is 12.7 Å². The summed E-state index contributed by atoms with van der Waals surface area (Å²) in [6, 6.07) is 0.594. The van der Waals surface area contributed by atoms with Gasteiger partial charge in [-0.15, -0.1) is 6.58 Å². The molecule has 90 valence electrons. The number of nitrogens with two attached hydrogens (primary N) is 1. The molecule has 0 aromatic carbocycles. The van der Waals surface area contributed by atoms with Gasteiger partial charge in [0.25, 0.3) is 0 Å². The number of guanidine groups is 1. The maximum Gasteiger partial charge on any atom is 0.189 e. The van der Waals surface area contributed by atoms with Crippen LogP contribution in [0.3, 0.4) is 0 Å². The van der Waals surface area contributed by atoms with Crippen molar-refractivity contribution in [1.29, 1.82) is 0 Å². The number of aliphatic imine (C=N–C) groups is 1. The standard InChI is InChI=1S/C13H23N3/c1-2-8-15-13(14)16-12-9-11(12)10-6-4-3-5-7-10/h2,10-12H,1,3-9H2,(H3,14,15,16). The molecule has 2 aliphatic carbocycles. The third kappa shape index (κ3) is 3.00. The third-order valence-electron chi connectivity index (χ3n) is 3.82. The zero-order valence-corrected chi connectivity index (χ0v) is 9.99. The Balaban J connectivity index is 1.71. The van der Waals surface area contributed by atoms with Crippen LogP contribution in [0.1, 0.15) is 38.5 Å². The van der Waals surface area contributed by atoms with Crippen molar-refractivity contribution >= 4 is 5.96 Å². The highest BCUT2D eigenvalue weighted by Crippen LogP contribution is 2.44. The van der Waals surface area contributed by atoms with Crippen molar-refractivity contribution in [1.82, 2.24) is 5.32 Å². The van der Waals surface area contributed by atoms with Crippen LogP contribution in [-0.4, -0.2) is 18.5 Å². The molecule has 3 nitrogen and oxygen atoms in total. The highest BCUT2D eigenvalue weighted by Gasteiger charge is 2.43. The van der Waals surface area contributed by atoms with E-state index < -0.39 is 0 Å². The van der Waals surface area contributed by atoms with Crippen molar-refractivity contribution < 1.29 is 0 Å². The first-order valence-corrected chi connectivity index (χ1v) is 6.48.